The van der Waals surface area contributed by atoms with Crippen LogP contribution in [-0.2, 0) is 0 Å². The Balaban J connectivity index is 2.58. The summed E-state index contributed by atoms with van der Waals surface area (Å²) >= 11 is 5.78. The van der Waals surface area contributed by atoms with Crippen molar-refractivity contribution in [2.45, 2.75) is 0 Å². The SMILES string of the molecule is O=Cc1ccc(-c2cc(F)c(F)cc2F)cc1Cl. The maximum absolute atomic E-state index is 13.5. The van der Waals surface area contributed by atoms with Crippen LogP contribution in [-0.4, -0.2) is 6.29 Å². The molecule has 2 aromatic rings. The van der Waals surface area contributed by atoms with Crippen LogP contribution in [0.2, 0.25) is 5.02 Å². The van der Waals surface area contributed by atoms with Crippen LogP contribution >= 0.6 is 11.6 Å². The van der Waals surface area contributed by atoms with Crippen LogP contribution in [0.4, 0.5) is 13.2 Å². The molecule has 0 N–H and O–H groups in total. The van der Waals surface area contributed by atoms with Crippen LogP contribution in [0.3, 0.4) is 0 Å². The number of rotatable bonds is 2. The highest BCUT2D eigenvalue weighted by Gasteiger charge is 2.12. The first-order valence-electron chi connectivity index (χ1n) is 4.92. The predicted octanol–water partition coefficient (Wildman–Crippen LogP) is 4.24. The molecule has 0 saturated heterocycles. The van der Waals surface area contributed by atoms with Gasteiger partial charge in [0.25, 0.3) is 0 Å². The van der Waals surface area contributed by atoms with E-state index in [1.807, 2.05) is 0 Å². The van der Waals surface area contributed by atoms with Crippen molar-refractivity contribution in [3.05, 3.63) is 58.4 Å². The zero-order valence-corrected chi connectivity index (χ0v) is 9.64. The molecule has 0 bridgehead atoms. The van der Waals surface area contributed by atoms with Crippen LogP contribution < -0.4 is 0 Å². The van der Waals surface area contributed by atoms with E-state index < -0.39 is 17.5 Å². The third-order valence-corrected chi connectivity index (χ3v) is 2.78. The van der Waals surface area contributed by atoms with Gasteiger partial charge in [0.1, 0.15) is 5.82 Å². The van der Waals surface area contributed by atoms with E-state index in [1.165, 1.54) is 18.2 Å². The van der Waals surface area contributed by atoms with Crippen molar-refractivity contribution in [2.24, 2.45) is 0 Å². The summed E-state index contributed by atoms with van der Waals surface area (Å²) in [5.74, 6) is -3.31. The Bertz CT molecular complexity index is 626. The first-order chi connectivity index (χ1) is 8.52. The fourth-order valence-electron chi connectivity index (χ4n) is 1.53. The van der Waals surface area contributed by atoms with Crippen molar-refractivity contribution < 1.29 is 18.0 Å². The molecule has 0 aromatic heterocycles. The first-order valence-corrected chi connectivity index (χ1v) is 5.30. The lowest BCUT2D eigenvalue weighted by Gasteiger charge is -2.06. The molecular formula is C13H6ClF3O. The number of hydrogen-bond donors (Lipinski definition) is 0. The molecule has 0 aliphatic rings. The fourth-order valence-corrected chi connectivity index (χ4v) is 1.76. The summed E-state index contributed by atoms with van der Waals surface area (Å²) in [4.78, 5) is 10.6. The molecular weight excluding hydrogens is 265 g/mol. The molecule has 2 aromatic carbocycles. The molecule has 0 atom stereocenters. The van der Waals surface area contributed by atoms with Crippen LogP contribution in [0.1, 0.15) is 10.4 Å². The van der Waals surface area contributed by atoms with E-state index in [9.17, 15) is 18.0 Å². The van der Waals surface area contributed by atoms with Crippen molar-refractivity contribution >= 4 is 17.9 Å². The van der Waals surface area contributed by atoms with Crippen LogP contribution in [0.5, 0.6) is 0 Å². The van der Waals surface area contributed by atoms with Crippen molar-refractivity contribution in [1.29, 1.82) is 0 Å². The van der Waals surface area contributed by atoms with E-state index in [1.54, 1.807) is 0 Å². The summed E-state index contributed by atoms with van der Waals surface area (Å²) in [6, 6.07) is 5.32. The quantitative estimate of drug-likeness (QED) is 0.589. The van der Waals surface area contributed by atoms with E-state index in [0.717, 1.165) is 6.07 Å². The fraction of sp³-hybridized carbons (Fsp3) is 0. The minimum atomic E-state index is -1.26. The number of carbonyl (C=O) groups is 1. The molecule has 0 aliphatic carbocycles. The number of hydrogen-bond acceptors (Lipinski definition) is 1. The molecule has 0 unspecified atom stereocenters. The summed E-state index contributed by atoms with van der Waals surface area (Å²) in [5, 5.41) is 0.117. The third-order valence-electron chi connectivity index (χ3n) is 2.45. The van der Waals surface area contributed by atoms with Gasteiger partial charge in [-0.25, -0.2) is 13.2 Å². The molecule has 0 radical (unpaired) electrons. The van der Waals surface area contributed by atoms with Crippen molar-refractivity contribution in [3.63, 3.8) is 0 Å². The van der Waals surface area contributed by atoms with E-state index in [0.29, 0.717) is 12.4 Å². The normalized spacial score (nSPS) is 10.4. The van der Waals surface area contributed by atoms with Gasteiger partial charge >= 0.3 is 0 Å². The largest absolute Gasteiger partial charge is 0.298 e. The number of benzene rings is 2. The van der Waals surface area contributed by atoms with E-state index in [4.69, 9.17) is 11.6 Å². The number of halogens is 4. The maximum atomic E-state index is 13.5. The molecule has 0 spiro atoms. The lowest BCUT2D eigenvalue weighted by Crippen LogP contribution is -1.92. The zero-order chi connectivity index (χ0) is 13.3. The van der Waals surface area contributed by atoms with Crippen molar-refractivity contribution in [1.82, 2.24) is 0 Å². The number of aldehydes is 1. The monoisotopic (exact) mass is 270 g/mol. The molecule has 92 valence electrons. The van der Waals surface area contributed by atoms with Crippen molar-refractivity contribution in [2.75, 3.05) is 0 Å². The summed E-state index contributed by atoms with van der Waals surface area (Å²) in [6.45, 7) is 0. The Morgan fingerprint density at radius 2 is 1.61 bits per heavy atom. The highest BCUT2D eigenvalue weighted by molar-refractivity contribution is 6.33. The van der Waals surface area contributed by atoms with Gasteiger partial charge in [-0.05, 0) is 23.8 Å². The zero-order valence-electron chi connectivity index (χ0n) is 8.88. The van der Waals surface area contributed by atoms with Gasteiger partial charge < -0.3 is 0 Å². The highest BCUT2D eigenvalue weighted by atomic mass is 35.5. The Hall–Kier alpha value is -1.81. The molecule has 18 heavy (non-hydrogen) atoms. The minimum absolute atomic E-state index is 0.117. The minimum Gasteiger partial charge on any atom is -0.298 e. The van der Waals surface area contributed by atoms with Gasteiger partial charge in [0.15, 0.2) is 17.9 Å². The lowest BCUT2D eigenvalue weighted by atomic mass is 10.0. The maximum Gasteiger partial charge on any atom is 0.161 e. The van der Waals surface area contributed by atoms with Gasteiger partial charge in [-0.3, -0.25) is 4.79 Å². The van der Waals surface area contributed by atoms with Gasteiger partial charge in [-0.15, -0.1) is 0 Å². The smallest absolute Gasteiger partial charge is 0.161 e. The summed E-state index contributed by atoms with van der Waals surface area (Å²) in [7, 11) is 0. The summed E-state index contributed by atoms with van der Waals surface area (Å²) in [6.07, 6.45) is 0.549. The van der Waals surface area contributed by atoms with E-state index in [-0.39, 0.29) is 21.7 Å². The van der Waals surface area contributed by atoms with E-state index >= 15 is 0 Å². The Morgan fingerprint density at radius 1 is 0.944 bits per heavy atom. The average molecular weight is 271 g/mol. The lowest BCUT2D eigenvalue weighted by molar-refractivity contribution is 0.112. The van der Waals surface area contributed by atoms with Crippen LogP contribution in [0, 0.1) is 17.5 Å². The predicted molar refractivity (Wildman–Crippen MR) is 62.1 cm³/mol. The molecule has 0 fully saturated rings. The topological polar surface area (TPSA) is 17.1 Å². The van der Waals surface area contributed by atoms with Crippen LogP contribution in [0.25, 0.3) is 11.1 Å². The molecule has 0 amide bonds. The summed E-state index contributed by atoms with van der Waals surface area (Å²) in [5.41, 5.74) is 0.388. The molecule has 2 rings (SSSR count). The Morgan fingerprint density at radius 3 is 2.22 bits per heavy atom. The van der Waals surface area contributed by atoms with Gasteiger partial charge in [0.2, 0.25) is 0 Å². The average Bonchev–Trinajstić information content (AvgIpc) is 2.33. The highest BCUT2D eigenvalue weighted by Crippen LogP contribution is 2.28. The van der Waals surface area contributed by atoms with Crippen molar-refractivity contribution in [3.8, 4) is 11.1 Å². The van der Waals surface area contributed by atoms with Gasteiger partial charge in [0, 0.05) is 17.2 Å². The Kier molecular flexibility index (Phi) is 3.39. The second kappa shape index (κ2) is 4.82. The van der Waals surface area contributed by atoms with E-state index in [2.05, 4.69) is 0 Å². The molecule has 1 nitrogen and oxygen atoms in total. The third kappa shape index (κ3) is 2.24. The van der Waals surface area contributed by atoms with Gasteiger partial charge in [0.05, 0.1) is 5.02 Å². The standard InChI is InChI=1S/C13H6ClF3O/c14-10-3-7(1-2-8(10)6-18)9-4-12(16)13(17)5-11(9)15/h1-6H. The molecule has 0 aliphatic heterocycles. The second-order valence-corrected chi connectivity index (χ2v) is 4.01. The first kappa shape index (κ1) is 12.6. The van der Waals surface area contributed by atoms with Gasteiger partial charge in [-0.1, -0.05) is 17.7 Å². The second-order valence-electron chi connectivity index (χ2n) is 3.60. The molecule has 0 saturated carbocycles. The number of carbonyl (C=O) groups excluding carboxylic acids is 1. The molecule has 0 heterocycles. The Labute approximate surface area is 106 Å². The summed E-state index contributed by atoms with van der Waals surface area (Å²) < 4.78 is 39.4. The molecule has 5 heteroatoms. The van der Waals surface area contributed by atoms with Crippen LogP contribution in [0.15, 0.2) is 30.3 Å². The van der Waals surface area contributed by atoms with Gasteiger partial charge in [-0.2, -0.15) is 0 Å².